The van der Waals surface area contributed by atoms with E-state index < -0.39 is 5.82 Å². The molecule has 106 valence electrons. The van der Waals surface area contributed by atoms with E-state index in [9.17, 15) is 9.50 Å². The highest BCUT2D eigenvalue weighted by Crippen LogP contribution is 2.30. The molecule has 3 aromatic rings. The van der Waals surface area contributed by atoms with Gasteiger partial charge in [0.25, 0.3) is 0 Å². The molecule has 0 saturated heterocycles. The van der Waals surface area contributed by atoms with Crippen LogP contribution in [0.1, 0.15) is 18.5 Å². The third-order valence-electron chi connectivity index (χ3n) is 3.48. The maximum Gasteiger partial charge on any atom is 0.126 e. The van der Waals surface area contributed by atoms with Crippen molar-refractivity contribution in [2.45, 2.75) is 13.0 Å². The van der Waals surface area contributed by atoms with Gasteiger partial charge in [0, 0.05) is 28.9 Å². The third kappa shape index (κ3) is 2.65. The molecule has 0 aliphatic carbocycles. The molecule has 1 unspecified atom stereocenters. The van der Waals surface area contributed by atoms with Crippen LogP contribution in [0.25, 0.3) is 10.9 Å². The quantitative estimate of drug-likeness (QED) is 0.754. The Morgan fingerprint density at radius 3 is 2.81 bits per heavy atom. The lowest BCUT2D eigenvalue weighted by Crippen LogP contribution is -2.07. The average molecular weight is 282 g/mol. The summed E-state index contributed by atoms with van der Waals surface area (Å²) in [7, 11) is 0. The van der Waals surface area contributed by atoms with Gasteiger partial charge < -0.3 is 10.4 Å². The number of pyridine rings is 1. The van der Waals surface area contributed by atoms with Crippen LogP contribution in [-0.4, -0.2) is 10.1 Å². The minimum Gasteiger partial charge on any atom is -0.507 e. The standard InChI is InChI=1S/C17H15FN2O/c1-11(13-8-7-12(18)10-17(13)21)20-16-6-2-5-15-14(16)4-3-9-19-15/h2-11,20-21H,1H3. The zero-order chi connectivity index (χ0) is 14.8. The van der Waals surface area contributed by atoms with Crippen molar-refractivity contribution in [3.8, 4) is 5.75 Å². The Balaban J connectivity index is 1.94. The molecule has 1 heterocycles. The van der Waals surface area contributed by atoms with Crippen molar-refractivity contribution in [2.75, 3.05) is 5.32 Å². The maximum absolute atomic E-state index is 13.1. The molecule has 0 fully saturated rings. The number of rotatable bonds is 3. The normalized spacial score (nSPS) is 12.3. The number of anilines is 1. The molecule has 21 heavy (non-hydrogen) atoms. The van der Waals surface area contributed by atoms with Crippen molar-refractivity contribution in [1.29, 1.82) is 0 Å². The predicted octanol–water partition coefficient (Wildman–Crippen LogP) is 4.25. The molecule has 0 amide bonds. The molecular weight excluding hydrogens is 267 g/mol. The van der Waals surface area contributed by atoms with Gasteiger partial charge in [0.15, 0.2) is 0 Å². The third-order valence-corrected chi connectivity index (χ3v) is 3.48. The van der Waals surface area contributed by atoms with Crippen molar-refractivity contribution in [2.24, 2.45) is 0 Å². The van der Waals surface area contributed by atoms with Gasteiger partial charge in [0.2, 0.25) is 0 Å². The highest BCUT2D eigenvalue weighted by molar-refractivity contribution is 5.91. The summed E-state index contributed by atoms with van der Waals surface area (Å²) in [5.41, 5.74) is 2.48. The van der Waals surface area contributed by atoms with Crippen molar-refractivity contribution in [1.82, 2.24) is 4.98 Å². The fourth-order valence-corrected chi connectivity index (χ4v) is 2.42. The largest absolute Gasteiger partial charge is 0.507 e. The van der Waals surface area contributed by atoms with Gasteiger partial charge in [-0.05, 0) is 37.3 Å². The van der Waals surface area contributed by atoms with Crippen LogP contribution in [0.2, 0.25) is 0 Å². The molecule has 2 aromatic carbocycles. The first-order chi connectivity index (χ1) is 10.1. The second-order valence-electron chi connectivity index (χ2n) is 4.94. The Hall–Kier alpha value is -2.62. The molecule has 0 aliphatic rings. The number of halogens is 1. The first-order valence-corrected chi connectivity index (χ1v) is 6.74. The monoisotopic (exact) mass is 282 g/mol. The van der Waals surface area contributed by atoms with E-state index in [0.29, 0.717) is 5.56 Å². The van der Waals surface area contributed by atoms with Gasteiger partial charge in [0.05, 0.1) is 11.6 Å². The number of benzene rings is 2. The van der Waals surface area contributed by atoms with Gasteiger partial charge in [-0.15, -0.1) is 0 Å². The van der Waals surface area contributed by atoms with Crippen LogP contribution in [0.15, 0.2) is 54.7 Å². The second-order valence-corrected chi connectivity index (χ2v) is 4.94. The zero-order valence-corrected chi connectivity index (χ0v) is 11.5. The molecule has 1 atom stereocenters. The molecular formula is C17H15FN2O. The van der Waals surface area contributed by atoms with Crippen molar-refractivity contribution >= 4 is 16.6 Å². The second kappa shape index (κ2) is 5.40. The summed E-state index contributed by atoms with van der Waals surface area (Å²) in [6.45, 7) is 1.92. The summed E-state index contributed by atoms with van der Waals surface area (Å²) in [5.74, 6) is -0.494. The first-order valence-electron chi connectivity index (χ1n) is 6.74. The first kappa shape index (κ1) is 13.4. The number of phenols is 1. The van der Waals surface area contributed by atoms with Gasteiger partial charge in [-0.2, -0.15) is 0 Å². The summed E-state index contributed by atoms with van der Waals surface area (Å²) in [4.78, 5) is 4.31. The van der Waals surface area contributed by atoms with Crippen LogP contribution >= 0.6 is 0 Å². The molecule has 0 aliphatic heterocycles. The zero-order valence-electron chi connectivity index (χ0n) is 11.5. The number of phenolic OH excluding ortho intramolecular Hbond substituents is 1. The number of hydrogen-bond donors (Lipinski definition) is 2. The van der Waals surface area contributed by atoms with Gasteiger partial charge >= 0.3 is 0 Å². The van der Waals surface area contributed by atoms with E-state index in [1.165, 1.54) is 6.07 Å². The average Bonchev–Trinajstić information content (AvgIpc) is 2.47. The highest BCUT2D eigenvalue weighted by Gasteiger charge is 2.12. The lowest BCUT2D eigenvalue weighted by molar-refractivity contribution is 0.459. The van der Waals surface area contributed by atoms with Gasteiger partial charge in [0.1, 0.15) is 11.6 Å². The lowest BCUT2D eigenvalue weighted by atomic mass is 10.1. The molecule has 2 N–H and O–H groups in total. The van der Waals surface area contributed by atoms with E-state index in [2.05, 4.69) is 10.3 Å². The van der Waals surface area contributed by atoms with E-state index in [1.807, 2.05) is 37.3 Å². The predicted molar refractivity (Wildman–Crippen MR) is 81.8 cm³/mol. The fraction of sp³-hybridized carbons (Fsp3) is 0.118. The van der Waals surface area contributed by atoms with Crippen molar-refractivity contribution in [3.63, 3.8) is 0 Å². The Morgan fingerprint density at radius 2 is 2.00 bits per heavy atom. The van der Waals surface area contributed by atoms with Crippen LogP contribution in [-0.2, 0) is 0 Å². The summed E-state index contributed by atoms with van der Waals surface area (Å²) in [6, 6.07) is 13.6. The molecule has 0 spiro atoms. The Labute approximate surface area is 122 Å². The lowest BCUT2D eigenvalue weighted by Gasteiger charge is -2.18. The molecule has 3 nitrogen and oxygen atoms in total. The summed E-state index contributed by atoms with van der Waals surface area (Å²) < 4.78 is 13.1. The molecule has 0 radical (unpaired) electrons. The molecule has 4 heteroatoms. The van der Waals surface area contributed by atoms with Crippen molar-refractivity contribution in [3.05, 3.63) is 66.1 Å². The topological polar surface area (TPSA) is 45.2 Å². The van der Waals surface area contributed by atoms with Crippen LogP contribution in [0.4, 0.5) is 10.1 Å². The van der Waals surface area contributed by atoms with Crippen LogP contribution in [0, 0.1) is 5.82 Å². The summed E-state index contributed by atoms with van der Waals surface area (Å²) in [5, 5.41) is 14.2. The molecule has 3 rings (SSSR count). The van der Waals surface area contributed by atoms with Gasteiger partial charge in [-0.25, -0.2) is 4.39 Å². The summed E-state index contributed by atoms with van der Waals surface area (Å²) in [6.07, 6.45) is 1.75. The highest BCUT2D eigenvalue weighted by atomic mass is 19.1. The smallest absolute Gasteiger partial charge is 0.126 e. The van der Waals surface area contributed by atoms with Crippen molar-refractivity contribution < 1.29 is 9.50 Å². The minimum atomic E-state index is -0.446. The number of fused-ring (bicyclic) bond motifs is 1. The number of nitrogens with zero attached hydrogens (tertiary/aromatic N) is 1. The van der Waals surface area contributed by atoms with E-state index in [0.717, 1.165) is 22.7 Å². The number of nitrogens with one attached hydrogen (secondary N) is 1. The van der Waals surface area contributed by atoms with E-state index >= 15 is 0 Å². The number of aromatic hydroxyl groups is 1. The minimum absolute atomic E-state index is 0.0478. The van der Waals surface area contributed by atoms with Gasteiger partial charge in [-0.1, -0.05) is 12.1 Å². The Kier molecular flexibility index (Phi) is 3.44. The van der Waals surface area contributed by atoms with Gasteiger partial charge in [-0.3, -0.25) is 4.98 Å². The SMILES string of the molecule is CC(Nc1cccc2ncccc12)c1ccc(F)cc1O. The number of hydrogen-bond acceptors (Lipinski definition) is 3. The molecule has 0 saturated carbocycles. The Morgan fingerprint density at radius 1 is 1.14 bits per heavy atom. The van der Waals surface area contributed by atoms with E-state index in [1.54, 1.807) is 12.3 Å². The van der Waals surface area contributed by atoms with Crippen LogP contribution in [0.5, 0.6) is 5.75 Å². The Bertz CT molecular complexity index is 783. The molecule has 1 aromatic heterocycles. The fourth-order valence-electron chi connectivity index (χ4n) is 2.42. The van der Waals surface area contributed by atoms with Crippen LogP contribution < -0.4 is 5.32 Å². The molecule has 0 bridgehead atoms. The van der Waals surface area contributed by atoms with E-state index in [-0.39, 0.29) is 11.8 Å². The maximum atomic E-state index is 13.1. The number of aromatic nitrogens is 1. The summed E-state index contributed by atoms with van der Waals surface area (Å²) >= 11 is 0. The van der Waals surface area contributed by atoms with E-state index in [4.69, 9.17) is 0 Å². The van der Waals surface area contributed by atoms with Crippen LogP contribution in [0.3, 0.4) is 0 Å².